The lowest BCUT2D eigenvalue weighted by Gasteiger charge is -1.98. The van der Waals surface area contributed by atoms with Crippen LogP contribution in [0.5, 0.6) is 0 Å². The molecule has 0 saturated carbocycles. The van der Waals surface area contributed by atoms with Crippen molar-refractivity contribution in [2.24, 2.45) is 0 Å². The molecule has 0 saturated heterocycles. The summed E-state index contributed by atoms with van der Waals surface area (Å²) in [5.74, 6) is 0.861. The molecular weight excluding hydrogens is 228 g/mol. The van der Waals surface area contributed by atoms with E-state index in [0.717, 1.165) is 35.3 Å². The summed E-state index contributed by atoms with van der Waals surface area (Å²) in [5, 5.41) is 1.60. The summed E-state index contributed by atoms with van der Waals surface area (Å²) in [4.78, 5) is 11.2. The number of rotatable bonds is 3. The van der Waals surface area contributed by atoms with Crippen LogP contribution in [0.15, 0.2) is 6.07 Å². The summed E-state index contributed by atoms with van der Waals surface area (Å²) in [5.41, 5.74) is 0. The zero-order valence-electron chi connectivity index (χ0n) is 8.88. The molecule has 0 radical (unpaired) electrons. The van der Waals surface area contributed by atoms with E-state index in [2.05, 4.69) is 29.9 Å². The minimum absolute atomic E-state index is 0.597. The Morgan fingerprint density at radius 1 is 1.33 bits per heavy atom. The van der Waals surface area contributed by atoms with Gasteiger partial charge >= 0.3 is 0 Å². The second kappa shape index (κ2) is 4.45. The summed E-state index contributed by atoms with van der Waals surface area (Å²) in [6, 6.07) is 2.10. The van der Waals surface area contributed by atoms with Crippen LogP contribution in [0.2, 0.25) is 5.15 Å². The smallest absolute Gasteiger partial charge is 0.141 e. The molecule has 0 spiro atoms. The molecule has 0 aromatic carbocycles. The fourth-order valence-corrected chi connectivity index (χ4v) is 2.77. The van der Waals surface area contributed by atoms with E-state index in [1.54, 1.807) is 11.3 Å². The van der Waals surface area contributed by atoms with E-state index in [1.807, 2.05) is 0 Å². The maximum atomic E-state index is 6.12. The quantitative estimate of drug-likeness (QED) is 0.762. The summed E-state index contributed by atoms with van der Waals surface area (Å²) in [6.45, 7) is 4.26. The van der Waals surface area contributed by atoms with E-state index < -0.39 is 0 Å². The Morgan fingerprint density at radius 3 is 2.80 bits per heavy atom. The molecule has 0 atom stereocenters. The van der Waals surface area contributed by atoms with Crippen LogP contribution >= 0.6 is 22.9 Å². The number of thiophene rings is 1. The minimum Gasteiger partial charge on any atom is -0.222 e. The predicted molar refractivity (Wildman–Crippen MR) is 65.8 cm³/mol. The van der Waals surface area contributed by atoms with Crippen LogP contribution in [0.4, 0.5) is 0 Å². The van der Waals surface area contributed by atoms with Gasteiger partial charge in [0.15, 0.2) is 0 Å². The van der Waals surface area contributed by atoms with E-state index in [0.29, 0.717) is 5.15 Å². The molecule has 2 rings (SSSR count). The van der Waals surface area contributed by atoms with Gasteiger partial charge in [0.25, 0.3) is 0 Å². The Hall–Kier alpha value is -0.670. The molecule has 2 nitrogen and oxygen atoms in total. The maximum absolute atomic E-state index is 6.12. The lowest BCUT2D eigenvalue weighted by Crippen LogP contribution is -1.93. The molecule has 4 heteroatoms. The van der Waals surface area contributed by atoms with E-state index in [4.69, 9.17) is 11.6 Å². The van der Waals surface area contributed by atoms with Gasteiger partial charge in [-0.25, -0.2) is 9.97 Å². The van der Waals surface area contributed by atoms with Crippen molar-refractivity contribution in [1.82, 2.24) is 9.97 Å². The molecule has 0 amide bonds. The van der Waals surface area contributed by atoms with Crippen molar-refractivity contribution in [2.75, 3.05) is 0 Å². The van der Waals surface area contributed by atoms with Gasteiger partial charge in [-0.2, -0.15) is 0 Å². The Morgan fingerprint density at radius 2 is 2.13 bits per heavy atom. The largest absolute Gasteiger partial charge is 0.222 e. The summed E-state index contributed by atoms with van der Waals surface area (Å²) in [6.07, 6.45) is 2.98. The molecule has 0 aliphatic heterocycles. The van der Waals surface area contributed by atoms with E-state index >= 15 is 0 Å². The highest BCUT2D eigenvalue weighted by Gasteiger charge is 2.08. The van der Waals surface area contributed by atoms with Crippen molar-refractivity contribution in [3.63, 3.8) is 0 Å². The highest BCUT2D eigenvalue weighted by Crippen LogP contribution is 2.29. The molecule has 80 valence electrons. The second-order valence-corrected chi connectivity index (χ2v) is 4.94. The molecule has 2 heterocycles. The Balaban J connectivity index is 2.54. The molecule has 15 heavy (non-hydrogen) atoms. The summed E-state index contributed by atoms with van der Waals surface area (Å²) in [7, 11) is 0. The lowest BCUT2D eigenvalue weighted by atomic mass is 10.3. The number of hydrogen-bond donors (Lipinski definition) is 0. The van der Waals surface area contributed by atoms with Crippen molar-refractivity contribution in [3.8, 4) is 0 Å². The standard InChI is InChI=1S/C11H13ClN2S/c1-3-5-9-13-10(12)8-6-7(4-2)15-11(8)14-9/h6H,3-5H2,1-2H3. The molecular formula is C11H13ClN2S. The van der Waals surface area contributed by atoms with Gasteiger partial charge in [-0.3, -0.25) is 0 Å². The van der Waals surface area contributed by atoms with Crippen molar-refractivity contribution in [1.29, 1.82) is 0 Å². The third-order valence-electron chi connectivity index (χ3n) is 2.27. The first kappa shape index (κ1) is 10.8. The van der Waals surface area contributed by atoms with Crippen LogP contribution in [-0.4, -0.2) is 9.97 Å². The van der Waals surface area contributed by atoms with Crippen molar-refractivity contribution >= 4 is 33.2 Å². The zero-order chi connectivity index (χ0) is 10.8. The normalized spacial score (nSPS) is 11.1. The van der Waals surface area contributed by atoms with Gasteiger partial charge in [-0.05, 0) is 18.9 Å². The van der Waals surface area contributed by atoms with Crippen molar-refractivity contribution in [3.05, 3.63) is 21.9 Å². The monoisotopic (exact) mass is 240 g/mol. The fourth-order valence-electron chi connectivity index (χ4n) is 1.49. The SMILES string of the molecule is CCCc1nc(Cl)c2cc(CC)sc2n1. The summed E-state index contributed by atoms with van der Waals surface area (Å²) >= 11 is 7.84. The van der Waals surface area contributed by atoms with Crippen LogP contribution in [0.3, 0.4) is 0 Å². The molecule has 2 aromatic rings. The topological polar surface area (TPSA) is 25.8 Å². The third kappa shape index (κ3) is 2.13. The maximum Gasteiger partial charge on any atom is 0.141 e. The van der Waals surface area contributed by atoms with Gasteiger partial charge in [0.1, 0.15) is 15.8 Å². The average molecular weight is 241 g/mol. The highest BCUT2D eigenvalue weighted by molar-refractivity contribution is 7.18. The number of halogens is 1. The Labute approximate surface area is 98.3 Å². The highest BCUT2D eigenvalue weighted by atomic mass is 35.5. The van der Waals surface area contributed by atoms with Gasteiger partial charge in [0.2, 0.25) is 0 Å². The van der Waals surface area contributed by atoms with E-state index in [-0.39, 0.29) is 0 Å². The predicted octanol–water partition coefficient (Wildman–Crippen LogP) is 3.86. The number of nitrogens with zero attached hydrogens (tertiary/aromatic N) is 2. The van der Waals surface area contributed by atoms with Gasteiger partial charge in [-0.1, -0.05) is 25.4 Å². The number of aryl methyl sites for hydroxylation is 2. The third-order valence-corrected chi connectivity index (χ3v) is 3.73. The first-order valence-electron chi connectivity index (χ1n) is 5.19. The Bertz CT molecular complexity index is 479. The van der Waals surface area contributed by atoms with Crippen LogP contribution < -0.4 is 0 Å². The zero-order valence-corrected chi connectivity index (χ0v) is 10.5. The number of fused-ring (bicyclic) bond motifs is 1. The van der Waals surface area contributed by atoms with Crippen LogP contribution in [0, 0.1) is 0 Å². The number of hydrogen-bond acceptors (Lipinski definition) is 3. The molecule has 0 N–H and O–H groups in total. The van der Waals surface area contributed by atoms with Crippen molar-refractivity contribution < 1.29 is 0 Å². The minimum atomic E-state index is 0.597. The molecule has 2 aromatic heterocycles. The fraction of sp³-hybridized carbons (Fsp3) is 0.455. The van der Waals surface area contributed by atoms with E-state index in [1.165, 1.54) is 4.88 Å². The van der Waals surface area contributed by atoms with E-state index in [9.17, 15) is 0 Å². The van der Waals surface area contributed by atoms with Gasteiger partial charge in [-0.15, -0.1) is 11.3 Å². The number of aromatic nitrogens is 2. The molecule has 0 bridgehead atoms. The first-order valence-corrected chi connectivity index (χ1v) is 6.38. The molecule has 0 aliphatic carbocycles. The second-order valence-electron chi connectivity index (χ2n) is 3.47. The lowest BCUT2D eigenvalue weighted by molar-refractivity contribution is 0.846. The van der Waals surface area contributed by atoms with Crippen molar-refractivity contribution in [2.45, 2.75) is 33.1 Å². The van der Waals surface area contributed by atoms with Gasteiger partial charge in [0, 0.05) is 16.7 Å². The van der Waals surface area contributed by atoms with Crippen LogP contribution in [0.1, 0.15) is 31.0 Å². The van der Waals surface area contributed by atoms with Gasteiger partial charge < -0.3 is 0 Å². The Kier molecular flexibility index (Phi) is 3.22. The van der Waals surface area contributed by atoms with Crippen LogP contribution in [0.25, 0.3) is 10.2 Å². The average Bonchev–Trinajstić information content (AvgIpc) is 2.62. The van der Waals surface area contributed by atoms with Gasteiger partial charge in [0.05, 0.1) is 0 Å². The molecule has 0 aliphatic rings. The summed E-state index contributed by atoms with van der Waals surface area (Å²) < 4.78 is 0. The molecule has 0 fully saturated rings. The first-order chi connectivity index (χ1) is 7.24. The van der Waals surface area contributed by atoms with Crippen LogP contribution in [-0.2, 0) is 12.8 Å². The molecule has 0 unspecified atom stereocenters.